The van der Waals surface area contributed by atoms with Crippen LogP contribution in [0.15, 0.2) is 73.1 Å². The number of likely N-dealkylation sites (tertiary alicyclic amines) is 1. The zero-order chi connectivity index (χ0) is 25.3. The number of piperidine rings is 1. The lowest BCUT2D eigenvalue weighted by atomic mass is 9.73. The van der Waals surface area contributed by atoms with Gasteiger partial charge in [0, 0.05) is 38.6 Å². The van der Waals surface area contributed by atoms with Crippen LogP contribution in [0.5, 0.6) is 11.5 Å². The van der Waals surface area contributed by atoms with Gasteiger partial charge in [-0.2, -0.15) is 0 Å². The average Bonchev–Trinajstić information content (AvgIpc) is 2.93. The first-order valence-electron chi connectivity index (χ1n) is 13.9. The summed E-state index contributed by atoms with van der Waals surface area (Å²) in [6, 6.07) is 21.5. The molecule has 0 atom stereocenters. The lowest BCUT2D eigenvalue weighted by Crippen LogP contribution is -2.46. The molecule has 0 amide bonds. The Bertz CT molecular complexity index is 1090. The van der Waals surface area contributed by atoms with Gasteiger partial charge in [0.2, 0.25) is 0 Å². The van der Waals surface area contributed by atoms with Crippen LogP contribution in [-0.4, -0.2) is 54.7 Å². The van der Waals surface area contributed by atoms with E-state index in [-0.39, 0.29) is 0 Å². The van der Waals surface area contributed by atoms with Crippen molar-refractivity contribution in [1.82, 2.24) is 14.8 Å². The minimum atomic E-state index is 0.361. The van der Waals surface area contributed by atoms with Gasteiger partial charge in [-0.1, -0.05) is 36.8 Å². The number of benzene rings is 2. The first kappa shape index (κ1) is 25.7. The summed E-state index contributed by atoms with van der Waals surface area (Å²) in [6.07, 6.45) is 11.2. The van der Waals surface area contributed by atoms with Crippen LogP contribution in [0.25, 0.3) is 0 Å². The largest absolute Gasteiger partial charge is 0.497 e. The van der Waals surface area contributed by atoms with E-state index in [0.29, 0.717) is 5.41 Å². The summed E-state index contributed by atoms with van der Waals surface area (Å²) in [5, 5.41) is 0. The molecule has 0 bridgehead atoms. The van der Waals surface area contributed by atoms with Crippen molar-refractivity contribution >= 4 is 0 Å². The van der Waals surface area contributed by atoms with E-state index in [4.69, 9.17) is 9.47 Å². The van der Waals surface area contributed by atoms with Gasteiger partial charge < -0.3 is 9.47 Å². The fourth-order valence-electron chi connectivity index (χ4n) is 6.05. The van der Waals surface area contributed by atoms with Gasteiger partial charge in [-0.05, 0) is 97.6 Å². The van der Waals surface area contributed by atoms with E-state index >= 15 is 0 Å². The number of aromatic nitrogens is 1. The number of para-hydroxylation sites is 1. The van der Waals surface area contributed by atoms with Gasteiger partial charge in [-0.15, -0.1) is 0 Å². The molecule has 37 heavy (non-hydrogen) atoms. The highest BCUT2D eigenvalue weighted by Crippen LogP contribution is 2.39. The first-order chi connectivity index (χ1) is 18.2. The topological polar surface area (TPSA) is 37.8 Å². The van der Waals surface area contributed by atoms with Gasteiger partial charge in [-0.3, -0.25) is 14.8 Å². The van der Waals surface area contributed by atoms with Gasteiger partial charge in [0.05, 0.1) is 7.11 Å². The minimum Gasteiger partial charge on any atom is -0.497 e. The van der Waals surface area contributed by atoms with Crippen molar-refractivity contribution in [2.24, 2.45) is 5.41 Å². The van der Waals surface area contributed by atoms with E-state index in [1.54, 1.807) is 7.11 Å². The third-order valence-corrected chi connectivity index (χ3v) is 8.24. The zero-order valence-corrected chi connectivity index (χ0v) is 22.3. The van der Waals surface area contributed by atoms with Crippen LogP contribution in [0, 0.1) is 5.41 Å². The van der Waals surface area contributed by atoms with Crippen LogP contribution >= 0.6 is 0 Å². The molecule has 5 rings (SSSR count). The molecular weight excluding hydrogens is 458 g/mol. The van der Waals surface area contributed by atoms with Crippen LogP contribution in [0.3, 0.4) is 0 Å². The molecule has 196 valence electrons. The number of hydrogen-bond donors (Lipinski definition) is 0. The second-order valence-electron chi connectivity index (χ2n) is 10.9. The molecule has 5 nitrogen and oxygen atoms in total. The number of rotatable bonds is 5. The number of hydrogen-bond acceptors (Lipinski definition) is 5. The Morgan fingerprint density at radius 1 is 0.811 bits per heavy atom. The van der Waals surface area contributed by atoms with Gasteiger partial charge in [0.25, 0.3) is 0 Å². The molecule has 0 radical (unpaired) electrons. The summed E-state index contributed by atoms with van der Waals surface area (Å²) in [7, 11) is 1.73. The summed E-state index contributed by atoms with van der Waals surface area (Å²) in [5.74, 6) is 1.97. The smallest absolute Gasteiger partial charge is 0.122 e. The summed E-state index contributed by atoms with van der Waals surface area (Å²) in [4.78, 5) is 9.45. The highest BCUT2D eigenvalue weighted by Gasteiger charge is 2.36. The minimum absolute atomic E-state index is 0.361. The standard InChI is InChI=1S/C32H41N3O2/c1-36-30-11-9-27(10-12-30)25-35-22-23-37-31-8-3-2-6-29(31)7-4-5-15-32(26-35)16-20-34(21-17-32)24-28-13-18-33-19-14-28/h2-3,6,8-14,18-19H,4-5,7,15-17,20-26H2,1H3. The molecule has 2 aliphatic heterocycles. The number of ether oxygens (including phenoxy) is 2. The number of aryl methyl sites for hydroxylation is 1. The normalized spacial score (nSPS) is 19.3. The maximum atomic E-state index is 6.35. The summed E-state index contributed by atoms with van der Waals surface area (Å²) in [6.45, 7) is 7.08. The average molecular weight is 500 g/mol. The van der Waals surface area contributed by atoms with Gasteiger partial charge >= 0.3 is 0 Å². The number of nitrogens with zero attached hydrogens (tertiary/aromatic N) is 3. The Morgan fingerprint density at radius 2 is 1.54 bits per heavy atom. The van der Waals surface area contributed by atoms with Crippen molar-refractivity contribution in [3.63, 3.8) is 0 Å². The predicted octanol–water partition coefficient (Wildman–Crippen LogP) is 5.98. The fraction of sp³-hybridized carbons (Fsp3) is 0.469. The highest BCUT2D eigenvalue weighted by molar-refractivity contribution is 5.33. The summed E-state index contributed by atoms with van der Waals surface area (Å²) < 4.78 is 11.7. The second-order valence-corrected chi connectivity index (χ2v) is 10.9. The molecule has 1 spiro atoms. The molecule has 0 N–H and O–H groups in total. The lowest BCUT2D eigenvalue weighted by molar-refractivity contribution is 0.0410. The molecule has 3 heterocycles. The molecule has 1 aromatic heterocycles. The Morgan fingerprint density at radius 3 is 2.32 bits per heavy atom. The van der Waals surface area contributed by atoms with Gasteiger partial charge in [0.1, 0.15) is 18.1 Å². The zero-order valence-electron chi connectivity index (χ0n) is 22.3. The van der Waals surface area contributed by atoms with E-state index in [1.165, 1.54) is 48.8 Å². The third-order valence-electron chi connectivity index (χ3n) is 8.24. The molecule has 5 heteroatoms. The van der Waals surface area contributed by atoms with Gasteiger partial charge in [0.15, 0.2) is 0 Å². The summed E-state index contributed by atoms with van der Waals surface area (Å²) >= 11 is 0. The lowest BCUT2D eigenvalue weighted by Gasteiger charge is -2.45. The highest BCUT2D eigenvalue weighted by atomic mass is 16.5. The maximum Gasteiger partial charge on any atom is 0.122 e. The molecule has 0 saturated carbocycles. The quantitative estimate of drug-likeness (QED) is 0.432. The Kier molecular flexibility index (Phi) is 8.75. The van der Waals surface area contributed by atoms with Crippen LogP contribution in [0.4, 0.5) is 0 Å². The number of methoxy groups -OCH3 is 1. The molecule has 2 aliphatic rings. The third kappa shape index (κ3) is 7.12. The van der Waals surface area contributed by atoms with Crippen molar-refractivity contribution in [3.8, 4) is 11.5 Å². The van der Waals surface area contributed by atoms with E-state index < -0.39 is 0 Å². The number of fused-ring (bicyclic) bond motifs is 1. The van der Waals surface area contributed by atoms with Crippen molar-refractivity contribution < 1.29 is 9.47 Å². The van der Waals surface area contributed by atoms with Crippen LogP contribution in [0.2, 0.25) is 0 Å². The van der Waals surface area contributed by atoms with E-state index in [2.05, 4.69) is 75.4 Å². The monoisotopic (exact) mass is 499 g/mol. The van der Waals surface area contributed by atoms with Crippen molar-refractivity contribution in [2.75, 3.05) is 39.9 Å². The molecule has 0 aliphatic carbocycles. The fourth-order valence-corrected chi connectivity index (χ4v) is 6.05. The molecule has 1 saturated heterocycles. The number of pyridine rings is 1. The van der Waals surface area contributed by atoms with Crippen LogP contribution in [-0.2, 0) is 19.5 Å². The van der Waals surface area contributed by atoms with Gasteiger partial charge in [-0.25, -0.2) is 0 Å². The molecule has 2 aromatic carbocycles. The Hall–Kier alpha value is -2.89. The second kappa shape index (κ2) is 12.6. The van der Waals surface area contributed by atoms with E-state index in [9.17, 15) is 0 Å². The van der Waals surface area contributed by atoms with Crippen LogP contribution in [0.1, 0.15) is 48.8 Å². The summed E-state index contributed by atoms with van der Waals surface area (Å²) in [5.41, 5.74) is 4.41. The van der Waals surface area contributed by atoms with E-state index in [1.807, 2.05) is 12.4 Å². The molecular formula is C32H41N3O2. The van der Waals surface area contributed by atoms with E-state index in [0.717, 1.165) is 63.8 Å². The first-order valence-corrected chi connectivity index (χ1v) is 13.9. The van der Waals surface area contributed by atoms with Crippen molar-refractivity contribution in [3.05, 3.63) is 89.7 Å². The Balaban J connectivity index is 1.31. The van der Waals surface area contributed by atoms with Crippen LogP contribution < -0.4 is 9.47 Å². The molecule has 0 unspecified atom stereocenters. The SMILES string of the molecule is COc1ccc(CN2CCOc3ccccc3CCCCC3(CCN(Cc4ccncc4)CC3)C2)cc1. The molecule has 3 aromatic rings. The van der Waals surface area contributed by atoms with Crippen molar-refractivity contribution in [1.29, 1.82) is 0 Å². The Labute approximate surface area is 222 Å². The molecule has 1 fully saturated rings. The maximum absolute atomic E-state index is 6.35. The van der Waals surface area contributed by atoms with Crippen molar-refractivity contribution in [2.45, 2.75) is 51.6 Å². The predicted molar refractivity (Wildman–Crippen MR) is 149 cm³/mol.